The number of rotatable bonds is 17. The lowest BCUT2D eigenvalue weighted by molar-refractivity contribution is -0.135. The van der Waals surface area contributed by atoms with Crippen LogP contribution in [0.3, 0.4) is 0 Å². The number of hydrogen-bond donors (Lipinski definition) is 3. The van der Waals surface area contributed by atoms with Crippen molar-refractivity contribution in [1.82, 2.24) is 5.32 Å². The summed E-state index contributed by atoms with van der Waals surface area (Å²) >= 11 is 0. The minimum Gasteiger partial charge on any atom is -0.493 e. The molecular formula is C29H51ClN2O6. The van der Waals surface area contributed by atoms with E-state index in [9.17, 15) is 9.90 Å². The summed E-state index contributed by atoms with van der Waals surface area (Å²) in [5, 5.41) is 13.6. The molecule has 4 unspecified atom stereocenters. The molecule has 0 spiro atoms. The number of hydrogen-bond acceptors (Lipinski definition) is 7. The van der Waals surface area contributed by atoms with Crippen LogP contribution in [-0.4, -0.2) is 70.4 Å². The lowest BCUT2D eigenvalue weighted by atomic mass is 9.83. The first kappa shape index (κ1) is 34.4. The molecule has 1 fully saturated rings. The number of carbonyl (C=O) groups excluding carboxylic acids is 1. The number of methoxy groups -OCH3 is 3. The first-order chi connectivity index (χ1) is 17.8. The SMILES string of the molecule is COCCCOc1cc(CC(CC(N)C(O)CNC(=O)C(OC)C2CCCCC2)C(C)C)ccc1OC.Cl. The molecule has 1 aliphatic rings. The number of aliphatic hydroxyl groups is 1. The van der Waals surface area contributed by atoms with Crippen LogP contribution >= 0.6 is 12.4 Å². The van der Waals surface area contributed by atoms with Gasteiger partial charge in [0.25, 0.3) is 0 Å². The summed E-state index contributed by atoms with van der Waals surface area (Å²) in [7, 11) is 4.90. The summed E-state index contributed by atoms with van der Waals surface area (Å²) in [5.74, 6) is 2.13. The molecular weight excluding hydrogens is 508 g/mol. The second-order valence-electron chi connectivity index (χ2n) is 10.7. The second-order valence-corrected chi connectivity index (χ2v) is 10.7. The van der Waals surface area contributed by atoms with Crippen molar-refractivity contribution < 1.29 is 28.8 Å². The number of benzene rings is 1. The summed E-state index contributed by atoms with van der Waals surface area (Å²) in [6.45, 7) is 5.66. The second kappa shape index (κ2) is 18.7. The molecule has 38 heavy (non-hydrogen) atoms. The van der Waals surface area contributed by atoms with Crippen LogP contribution in [0.4, 0.5) is 0 Å². The maximum atomic E-state index is 12.8. The maximum Gasteiger partial charge on any atom is 0.249 e. The Morgan fingerprint density at radius 3 is 2.42 bits per heavy atom. The van der Waals surface area contributed by atoms with Crippen LogP contribution in [0.1, 0.15) is 64.4 Å². The molecule has 1 saturated carbocycles. The van der Waals surface area contributed by atoms with Crippen molar-refractivity contribution in [2.75, 3.05) is 41.1 Å². The van der Waals surface area contributed by atoms with E-state index in [0.717, 1.165) is 49.8 Å². The summed E-state index contributed by atoms with van der Waals surface area (Å²) in [5.41, 5.74) is 7.56. The molecule has 0 bridgehead atoms. The van der Waals surface area contributed by atoms with Crippen LogP contribution in [0.25, 0.3) is 0 Å². The normalized spacial score (nSPS) is 17.3. The molecule has 1 aromatic carbocycles. The zero-order valence-electron chi connectivity index (χ0n) is 23.9. The fourth-order valence-electron chi connectivity index (χ4n) is 5.15. The van der Waals surface area contributed by atoms with Gasteiger partial charge in [0.05, 0.1) is 19.8 Å². The summed E-state index contributed by atoms with van der Waals surface area (Å²) < 4.78 is 22.0. The van der Waals surface area contributed by atoms with Gasteiger partial charge in [-0.15, -0.1) is 12.4 Å². The third-order valence-corrected chi connectivity index (χ3v) is 7.56. The van der Waals surface area contributed by atoms with Crippen molar-refractivity contribution in [2.45, 2.75) is 83.5 Å². The first-order valence-corrected chi connectivity index (χ1v) is 13.8. The van der Waals surface area contributed by atoms with Gasteiger partial charge in [-0.05, 0) is 61.1 Å². The van der Waals surface area contributed by atoms with E-state index < -0.39 is 18.2 Å². The van der Waals surface area contributed by atoms with Gasteiger partial charge in [-0.2, -0.15) is 0 Å². The molecule has 4 N–H and O–H groups in total. The van der Waals surface area contributed by atoms with Crippen molar-refractivity contribution in [3.8, 4) is 11.5 Å². The predicted octanol–water partition coefficient (Wildman–Crippen LogP) is 4.14. The molecule has 9 heteroatoms. The smallest absolute Gasteiger partial charge is 0.249 e. The zero-order chi connectivity index (χ0) is 27.2. The van der Waals surface area contributed by atoms with Crippen LogP contribution in [0, 0.1) is 17.8 Å². The van der Waals surface area contributed by atoms with Gasteiger partial charge in [0.2, 0.25) is 5.91 Å². The predicted molar refractivity (Wildman–Crippen MR) is 153 cm³/mol. The molecule has 2 rings (SSSR count). The quantitative estimate of drug-likeness (QED) is 0.246. The Morgan fingerprint density at radius 1 is 1.11 bits per heavy atom. The molecule has 220 valence electrons. The Labute approximate surface area is 235 Å². The van der Waals surface area contributed by atoms with E-state index in [4.69, 9.17) is 24.7 Å². The average Bonchev–Trinajstić information content (AvgIpc) is 2.90. The van der Waals surface area contributed by atoms with Crippen molar-refractivity contribution in [3.63, 3.8) is 0 Å². The summed E-state index contributed by atoms with van der Waals surface area (Å²) in [6, 6.07) is 5.56. The maximum absolute atomic E-state index is 12.8. The van der Waals surface area contributed by atoms with Crippen LogP contribution in [0.5, 0.6) is 11.5 Å². The number of amides is 1. The molecule has 0 aliphatic heterocycles. The van der Waals surface area contributed by atoms with Crippen LogP contribution in [0.2, 0.25) is 0 Å². The Kier molecular flexibility index (Phi) is 16.9. The Morgan fingerprint density at radius 2 is 1.82 bits per heavy atom. The van der Waals surface area contributed by atoms with Gasteiger partial charge in [0, 0.05) is 39.8 Å². The molecule has 0 radical (unpaired) electrons. The van der Waals surface area contributed by atoms with Gasteiger partial charge >= 0.3 is 0 Å². The number of nitrogens with one attached hydrogen (secondary N) is 1. The van der Waals surface area contributed by atoms with Gasteiger partial charge in [0.1, 0.15) is 6.10 Å². The fraction of sp³-hybridized carbons (Fsp3) is 0.759. The topological polar surface area (TPSA) is 112 Å². The van der Waals surface area contributed by atoms with E-state index in [2.05, 4.69) is 25.2 Å². The van der Waals surface area contributed by atoms with E-state index in [1.807, 2.05) is 12.1 Å². The zero-order valence-corrected chi connectivity index (χ0v) is 24.8. The molecule has 1 aliphatic carbocycles. The fourth-order valence-corrected chi connectivity index (χ4v) is 5.15. The van der Waals surface area contributed by atoms with Crippen molar-refractivity contribution in [2.24, 2.45) is 23.5 Å². The molecule has 0 aromatic heterocycles. The van der Waals surface area contributed by atoms with E-state index in [1.54, 1.807) is 21.3 Å². The molecule has 8 nitrogen and oxygen atoms in total. The van der Waals surface area contributed by atoms with Crippen molar-refractivity contribution >= 4 is 18.3 Å². The molecule has 0 heterocycles. The third kappa shape index (κ3) is 11.3. The highest BCUT2D eigenvalue weighted by Crippen LogP contribution is 2.31. The largest absolute Gasteiger partial charge is 0.493 e. The minimum atomic E-state index is -0.829. The van der Waals surface area contributed by atoms with E-state index in [-0.39, 0.29) is 36.7 Å². The summed E-state index contributed by atoms with van der Waals surface area (Å²) in [6.07, 6.45) is 6.46. The standard InChI is InChI=1S/C29H50N2O6.ClH/c1-20(2)23(16-21-12-13-26(35-4)27(17-21)37-15-9-14-34-3)18-24(30)25(32)19-31-29(33)28(36-5)22-10-7-6-8-11-22;/h12-13,17,20,22-25,28,32H,6-11,14-16,18-19,30H2,1-5H3,(H,31,33);1H. The molecule has 1 aromatic rings. The monoisotopic (exact) mass is 558 g/mol. The minimum absolute atomic E-state index is 0. The van der Waals surface area contributed by atoms with E-state index in [1.165, 1.54) is 6.42 Å². The summed E-state index contributed by atoms with van der Waals surface area (Å²) in [4.78, 5) is 12.8. The Hall–Kier alpha value is -1.58. The number of ether oxygens (including phenoxy) is 4. The number of carbonyl (C=O) groups is 1. The van der Waals surface area contributed by atoms with Gasteiger partial charge in [-0.3, -0.25) is 4.79 Å². The van der Waals surface area contributed by atoms with E-state index in [0.29, 0.717) is 31.3 Å². The highest BCUT2D eigenvalue weighted by Gasteiger charge is 2.30. The van der Waals surface area contributed by atoms with Crippen molar-refractivity contribution in [3.05, 3.63) is 23.8 Å². The molecule has 0 saturated heterocycles. The van der Waals surface area contributed by atoms with Gasteiger partial charge in [-0.1, -0.05) is 39.2 Å². The molecule has 1 amide bonds. The number of aliphatic hydroxyl groups excluding tert-OH is 1. The number of halogens is 1. The Balaban J connectivity index is 0.00000722. The first-order valence-electron chi connectivity index (χ1n) is 13.8. The molecule has 4 atom stereocenters. The highest BCUT2D eigenvalue weighted by molar-refractivity contribution is 5.85. The van der Waals surface area contributed by atoms with Crippen molar-refractivity contribution in [1.29, 1.82) is 0 Å². The lowest BCUT2D eigenvalue weighted by Gasteiger charge is -2.30. The van der Waals surface area contributed by atoms with Gasteiger partial charge in [-0.25, -0.2) is 0 Å². The lowest BCUT2D eigenvalue weighted by Crippen LogP contribution is -2.48. The number of nitrogens with two attached hydrogens (primary N) is 1. The van der Waals surface area contributed by atoms with Crippen LogP contribution in [-0.2, 0) is 20.7 Å². The van der Waals surface area contributed by atoms with Crippen LogP contribution < -0.4 is 20.5 Å². The van der Waals surface area contributed by atoms with E-state index >= 15 is 0 Å². The van der Waals surface area contributed by atoms with Crippen LogP contribution in [0.15, 0.2) is 18.2 Å². The Bertz CT molecular complexity index is 790. The average molecular weight is 559 g/mol. The highest BCUT2D eigenvalue weighted by atomic mass is 35.5. The van der Waals surface area contributed by atoms with Gasteiger partial charge in [0.15, 0.2) is 11.5 Å². The van der Waals surface area contributed by atoms with Gasteiger partial charge < -0.3 is 35.1 Å². The third-order valence-electron chi connectivity index (χ3n) is 7.56.